The molecule has 0 aliphatic carbocycles. The molecule has 1 atom stereocenters. The van der Waals surface area contributed by atoms with Gasteiger partial charge in [-0.2, -0.15) is 5.10 Å². The predicted molar refractivity (Wildman–Crippen MR) is 75.9 cm³/mol. The molecule has 0 saturated heterocycles. The van der Waals surface area contributed by atoms with Crippen LogP contribution in [0, 0.1) is 6.92 Å². The first kappa shape index (κ1) is 13.6. The molecule has 0 amide bonds. The number of aromatic nitrogens is 2. The van der Waals surface area contributed by atoms with Gasteiger partial charge in [-0.3, -0.25) is 4.68 Å². The van der Waals surface area contributed by atoms with Crippen molar-refractivity contribution in [1.29, 1.82) is 0 Å². The maximum Gasteiger partial charge on any atom is 0.122 e. The standard InChI is InChI=1S/C13H14BrClN2O/c1-3-17-12(11(15)7-16-17)13(18)9-4-8(2)5-10(14)6-9/h4-7,13,18H,3H2,1-2H3. The number of nitrogens with zero attached hydrogens (tertiary/aromatic N) is 2. The lowest BCUT2D eigenvalue weighted by Gasteiger charge is -2.14. The van der Waals surface area contributed by atoms with Crippen LogP contribution in [0.4, 0.5) is 0 Å². The number of hydrogen-bond donors (Lipinski definition) is 1. The number of rotatable bonds is 3. The molecule has 0 radical (unpaired) electrons. The Balaban J connectivity index is 2.47. The van der Waals surface area contributed by atoms with E-state index in [1.54, 1.807) is 10.9 Å². The molecular weight excluding hydrogens is 316 g/mol. The SMILES string of the molecule is CCn1ncc(Cl)c1C(O)c1cc(C)cc(Br)c1. The summed E-state index contributed by atoms with van der Waals surface area (Å²) in [4.78, 5) is 0. The third-order valence-corrected chi connectivity index (χ3v) is 3.52. The number of aryl methyl sites for hydroxylation is 2. The predicted octanol–water partition coefficient (Wildman–Crippen LogP) is 3.71. The van der Waals surface area contributed by atoms with Crippen LogP contribution in [0.15, 0.2) is 28.9 Å². The molecule has 0 aliphatic rings. The molecule has 1 aromatic carbocycles. The Labute approximate surface area is 120 Å². The zero-order valence-corrected chi connectivity index (χ0v) is 12.5. The third kappa shape index (κ3) is 2.60. The summed E-state index contributed by atoms with van der Waals surface area (Å²) in [5, 5.41) is 15.1. The largest absolute Gasteiger partial charge is 0.382 e. The van der Waals surface area contributed by atoms with Gasteiger partial charge in [0, 0.05) is 11.0 Å². The number of benzene rings is 1. The fourth-order valence-corrected chi connectivity index (χ4v) is 2.85. The Kier molecular flexibility index (Phi) is 4.10. The second kappa shape index (κ2) is 5.43. The number of aliphatic hydroxyl groups excluding tert-OH is 1. The van der Waals surface area contributed by atoms with E-state index < -0.39 is 6.10 Å². The summed E-state index contributed by atoms with van der Waals surface area (Å²) in [6, 6.07) is 5.83. The molecule has 18 heavy (non-hydrogen) atoms. The average molecular weight is 330 g/mol. The summed E-state index contributed by atoms with van der Waals surface area (Å²) in [6.45, 7) is 4.62. The molecule has 1 aromatic heterocycles. The molecule has 1 heterocycles. The molecule has 0 aliphatic heterocycles. The summed E-state index contributed by atoms with van der Waals surface area (Å²) >= 11 is 9.53. The Morgan fingerprint density at radius 1 is 1.44 bits per heavy atom. The van der Waals surface area contributed by atoms with Crippen LogP contribution in [0.1, 0.15) is 29.8 Å². The van der Waals surface area contributed by atoms with Crippen molar-refractivity contribution in [2.24, 2.45) is 0 Å². The highest BCUT2D eigenvalue weighted by Crippen LogP contribution is 2.30. The van der Waals surface area contributed by atoms with Crippen molar-refractivity contribution >= 4 is 27.5 Å². The Morgan fingerprint density at radius 2 is 2.17 bits per heavy atom. The average Bonchev–Trinajstić information content (AvgIpc) is 2.68. The molecule has 0 spiro atoms. The minimum Gasteiger partial charge on any atom is -0.382 e. The molecule has 3 nitrogen and oxygen atoms in total. The molecule has 0 saturated carbocycles. The zero-order chi connectivity index (χ0) is 13.3. The van der Waals surface area contributed by atoms with Crippen molar-refractivity contribution in [3.05, 3.63) is 50.7 Å². The van der Waals surface area contributed by atoms with Crippen molar-refractivity contribution in [3.8, 4) is 0 Å². The van der Waals surface area contributed by atoms with E-state index in [1.807, 2.05) is 32.0 Å². The smallest absolute Gasteiger partial charge is 0.122 e. The van der Waals surface area contributed by atoms with E-state index in [0.29, 0.717) is 17.3 Å². The molecule has 96 valence electrons. The van der Waals surface area contributed by atoms with Crippen LogP contribution in [0.3, 0.4) is 0 Å². The second-order valence-corrected chi connectivity index (χ2v) is 5.48. The van der Waals surface area contributed by atoms with E-state index in [0.717, 1.165) is 15.6 Å². The van der Waals surface area contributed by atoms with E-state index in [-0.39, 0.29) is 0 Å². The molecule has 1 unspecified atom stereocenters. The van der Waals surface area contributed by atoms with Crippen molar-refractivity contribution in [3.63, 3.8) is 0 Å². The lowest BCUT2D eigenvalue weighted by atomic mass is 10.0. The molecule has 5 heteroatoms. The van der Waals surface area contributed by atoms with E-state index in [9.17, 15) is 5.11 Å². The summed E-state index contributed by atoms with van der Waals surface area (Å²) in [5.41, 5.74) is 2.52. The van der Waals surface area contributed by atoms with Crippen LogP contribution in [-0.2, 0) is 6.54 Å². The normalized spacial score (nSPS) is 12.7. The summed E-state index contributed by atoms with van der Waals surface area (Å²) in [6.07, 6.45) is 0.796. The van der Waals surface area contributed by atoms with E-state index in [2.05, 4.69) is 21.0 Å². The van der Waals surface area contributed by atoms with Crippen LogP contribution >= 0.6 is 27.5 Å². The van der Waals surface area contributed by atoms with E-state index >= 15 is 0 Å². The van der Waals surface area contributed by atoms with Crippen molar-refractivity contribution in [1.82, 2.24) is 9.78 Å². The summed E-state index contributed by atoms with van der Waals surface area (Å²) in [5.74, 6) is 0. The fourth-order valence-electron chi connectivity index (χ4n) is 1.98. The molecular formula is C13H14BrClN2O. The monoisotopic (exact) mass is 328 g/mol. The van der Waals surface area contributed by atoms with Crippen LogP contribution in [0.2, 0.25) is 5.02 Å². The quantitative estimate of drug-likeness (QED) is 0.932. The lowest BCUT2D eigenvalue weighted by Crippen LogP contribution is -2.09. The fraction of sp³-hybridized carbons (Fsp3) is 0.308. The van der Waals surface area contributed by atoms with Gasteiger partial charge in [0.25, 0.3) is 0 Å². The molecule has 2 aromatic rings. The van der Waals surface area contributed by atoms with Gasteiger partial charge in [-0.1, -0.05) is 33.6 Å². The highest BCUT2D eigenvalue weighted by atomic mass is 79.9. The van der Waals surface area contributed by atoms with Crippen LogP contribution < -0.4 is 0 Å². The molecule has 1 N–H and O–H groups in total. The second-order valence-electron chi connectivity index (χ2n) is 4.16. The van der Waals surface area contributed by atoms with E-state index in [4.69, 9.17) is 11.6 Å². The number of halogens is 2. The zero-order valence-electron chi connectivity index (χ0n) is 10.2. The van der Waals surface area contributed by atoms with Crippen molar-refractivity contribution in [2.75, 3.05) is 0 Å². The van der Waals surface area contributed by atoms with Gasteiger partial charge in [-0.25, -0.2) is 0 Å². The Hall–Kier alpha value is -0.840. The van der Waals surface area contributed by atoms with Crippen LogP contribution in [-0.4, -0.2) is 14.9 Å². The van der Waals surface area contributed by atoms with Gasteiger partial charge in [0.15, 0.2) is 0 Å². The maximum absolute atomic E-state index is 10.5. The van der Waals surface area contributed by atoms with Crippen molar-refractivity contribution in [2.45, 2.75) is 26.5 Å². The van der Waals surface area contributed by atoms with Crippen LogP contribution in [0.5, 0.6) is 0 Å². The van der Waals surface area contributed by atoms with Gasteiger partial charge < -0.3 is 5.11 Å². The number of aliphatic hydroxyl groups is 1. The van der Waals surface area contributed by atoms with E-state index in [1.165, 1.54) is 0 Å². The summed E-state index contributed by atoms with van der Waals surface area (Å²) < 4.78 is 2.65. The molecule has 2 rings (SSSR count). The topological polar surface area (TPSA) is 38.0 Å². The first-order chi connectivity index (χ1) is 8.52. The third-order valence-electron chi connectivity index (χ3n) is 2.77. The van der Waals surface area contributed by atoms with Gasteiger partial charge in [0.2, 0.25) is 0 Å². The number of hydrogen-bond acceptors (Lipinski definition) is 2. The van der Waals surface area contributed by atoms with Crippen molar-refractivity contribution < 1.29 is 5.11 Å². The Bertz CT molecular complexity index is 548. The Morgan fingerprint density at radius 3 is 2.78 bits per heavy atom. The molecule has 0 fully saturated rings. The molecule has 0 bridgehead atoms. The van der Waals surface area contributed by atoms with Gasteiger partial charge in [0.05, 0.1) is 16.9 Å². The first-order valence-electron chi connectivity index (χ1n) is 5.69. The van der Waals surface area contributed by atoms with Gasteiger partial charge in [-0.05, 0) is 37.1 Å². The lowest BCUT2D eigenvalue weighted by molar-refractivity contribution is 0.208. The van der Waals surface area contributed by atoms with Gasteiger partial charge >= 0.3 is 0 Å². The first-order valence-corrected chi connectivity index (χ1v) is 6.86. The minimum atomic E-state index is -0.767. The summed E-state index contributed by atoms with van der Waals surface area (Å²) in [7, 11) is 0. The minimum absolute atomic E-state index is 0.488. The van der Waals surface area contributed by atoms with Gasteiger partial charge in [0.1, 0.15) is 6.10 Å². The maximum atomic E-state index is 10.5. The highest BCUT2D eigenvalue weighted by molar-refractivity contribution is 9.10. The van der Waals surface area contributed by atoms with Crippen LogP contribution in [0.25, 0.3) is 0 Å². The van der Waals surface area contributed by atoms with Gasteiger partial charge in [-0.15, -0.1) is 0 Å². The highest BCUT2D eigenvalue weighted by Gasteiger charge is 2.19.